The van der Waals surface area contributed by atoms with E-state index in [0.29, 0.717) is 0 Å². The molecular weight excluding hydrogens is 261 g/mol. The average molecular weight is 279 g/mol. The number of carbonyl (C=O) groups excluding carboxylic acids is 1. The van der Waals surface area contributed by atoms with Crippen LogP contribution in [-0.2, 0) is 11.3 Å². The van der Waals surface area contributed by atoms with Crippen molar-refractivity contribution in [1.29, 1.82) is 0 Å². The predicted molar refractivity (Wildman–Crippen MR) is 73.0 cm³/mol. The van der Waals surface area contributed by atoms with E-state index in [4.69, 9.17) is 4.74 Å². The zero-order valence-corrected chi connectivity index (χ0v) is 11.2. The van der Waals surface area contributed by atoms with Crippen LogP contribution in [0, 0.1) is 5.92 Å². The highest BCUT2D eigenvalue weighted by atomic mass is 19.1. The zero-order valence-electron chi connectivity index (χ0n) is 11.2. The number of nitrogens with zero attached hydrogens (tertiary/aromatic N) is 1. The Bertz CT molecular complexity index is 477. The summed E-state index contributed by atoms with van der Waals surface area (Å²) in [5.74, 6) is -0.517. The second-order valence-corrected chi connectivity index (χ2v) is 4.97. The highest BCUT2D eigenvalue weighted by Crippen LogP contribution is 2.24. The first-order valence-electron chi connectivity index (χ1n) is 6.53. The summed E-state index contributed by atoms with van der Waals surface area (Å²) in [6.07, 6.45) is -1.54. The van der Waals surface area contributed by atoms with Crippen molar-refractivity contribution < 1.29 is 19.0 Å². The monoisotopic (exact) mass is 279 g/mol. The van der Waals surface area contributed by atoms with E-state index in [9.17, 15) is 14.3 Å². The zero-order chi connectivity index (χ0) is 14.5. The number of hydrogen-bond donors (Lipinski definition) is 1. The van der Waals surface area contributed by atoms with Crippen molar-refractivity contribution in [2.75, 3.05) is 13.1 Å². The molecule has 1 aromatic carbocycles. The minimum Gasteiger partial charge on any atom is -0.513 e. The molecule has 1 aliphatic rings. The standard InChI is InChI=1S/C15H18FNO3/c1-11(18)13-7-14(16)9-17(8-13)15(19)20-10-12-5-3-2-4-6-12/h2-6,13-14,18H,1,7-10H2. The summed E-state index contributed by atoms with van der Waals surface area (Å²) >= 11 is 0. The maximum Gasteiger partial charge on any atom is 0.410 e. The first-order chi connectivity index (χ1) is 9.56. The van der Waals surface area contributed by atoms with Crippen LogP contribution in [0.25, 0.3) is 0 Å². The molecule has 1 aliphatic heterocycles. The van der Waals surface area contributed by atoms with Crippen LogP contribution in [0.2, 0.25) is 0 Å². The Morgan fingerprint density at radius 1 is 1.40 bits per heavy atom. The topological polar surface area (TPSA) is 49.8 Å². The summed E-state index contributed by atoms with van der Waals surface area (Å²) in [7, 11) is 0. The van der Waals surface area contributed by atoms with E-state index in [1.165, 1.54) is 4.90 Å². The van der Waals surface area contributed by atoms with E-state index in [0.717, 1.165) is 5.56 Å². The van der Waals surface area contributed by atoms with E-state index in [1.807, 2.05) is 30.3 Å². The van der Waals surface area contributed by atoms with Crippen molar-refractivity contribution in [3.05, 3.63) is 48.2 Å². The van der Waals surface area contributed by atoms with Gasteiger partial charge in [0.25, 0.3) is 0 Å². The predicted octanol–water partition coefficient (Wildman–Crippen LogP) is 3.05. The Morgan fingerprint density at radius 2 is 2.10 bits per heavy atom. The Labute approximate surface area is 117 Å². The Balaban J connectivity index is 1.90. The number of amides is 1. The van der Waals surface area contributed by atoms with Crippen LogP contribution in [0.3, 0.4) is 0 Å². The fourth-order valence-corrected chi connectivity index (χ4v) is 2.24. The number of halogens is 1. The normalized spacial score (nSPS) is 22.4. The SMILES string of the molecule is C=C(O)C1CC(F)CN(C(=O)OCc2ccccc2)C1. The van der Waals surface area contributed by atoms with Crippen LogP contribution >= 0.6 is 0 Å². The third kappa shape index (κ3) is 3.73. The molecule has 0 spiro atoms. The molecule has 1 heterocycles. The average Bonchev–Trinajstić information content (AvgIpc) is 2.45. The number of carbonyl (C=O) groups is 1. The van der Waals surface area contributed by atoms with Crippen molar-refractivity contribution >= 4 is 6.09 Å². The van der Waals surface area contributed by atoms with Crippen LogP contribution in [0.1, 0.15) is 12.0 Å². The van der Waals surface area contributed by atoms with Crippen molar-refractivity contribution in [3.63, 3.8) is 0 Å². The Hall–Kier alpha value is -2.04. The van der Waals surface area contributed by atoms with Crippen LogP contribution in [0.15, 0.2) is 42.7 Å². The quantitative estimate of drug-likeness (QED) is 0.865. The summed E-state index contributed by atoms with van der Waals surface area (Å²) in [5, 5.41) is 9.36. The maximum atomic E-state index is 13.6. The molecule has 1 N–H and O–H groups in total. The van der Waals surface area contributed by atoms with Gasteiger partial charge in [-0.15, -0.1) is 0 Å². The van der Waals surface area contributed by atoms with Crippen molar-refractivity contribution in [1.82, 2.24) is 4.90 Å². The lowest BCUT2D eigenvalue weighted by Gasteiger charge is -2.33. The smallest absolute Gasteiger partial charge is 0.410 e. The Morgan fingerprint density at radius 3 is 2.75 bits per heavy atom. The van der Waals surface area contributed by atoms with E-state index in [-0.39, 0.29) is 31.9 Å². The molecule has 20 heavy (non-hydrogen) atoms. The molecule has 2 atom stereocenters. The molecule has 1 aromatic rings. The van der Waals surface area contributed by atoms with Crippen molar-refractivity contribution in [2.24, 2.45) is 5.92 Å². The number of aliphatic hydroxyl groups is 1. The lowest BCUT2D eigenvalue weighted by atomic mass is 9.96. The Kier molecular flexibility index (Phi) is 4.61. The molecule has 0 aromatic heterocycles. The highest BCUT2D eigenvalue weighted by Gasteiger charge is 2.32. The lowest BCUT2D eigenvalue weighted by Crippen LogP contribution is -2.45. The first-order valence-corrected chi connectivity index (χ1v) is 6.53. The van der Waals surface area contributed by atoms with Crippen LogP contribution < -0.4 is 0 Å². The van der Waals surface area contributed by atoms with E-state index < -0.39 is 18.2 Å². The molecule has 0 bridgehead atoms. The van der Waals surface area contributed by atoms with Gasteiger partial charge in [-0.1, -0.05) is 36.9 Å². The van der Waals surface area contributed by atoms with Gasteiger partial charge < -0.3 is 14.7 Å². The molecular formula is C15H18FNO3. The second-order valence-electron chi connectivity index (χ2n) is 4.97. The third-order valence-electron chi connectivity index (χ3n) is 3.33. The third-order valence-corrected chi connectivity index (χ3v) is 3.33. The molecule has 1 saturated heterocycles. The van der Waals surface area contributed by atoms with Crippen molar-refractivity contribution in [3.8, 4) is 0 Å². The molecule has 5 heteroatoms. The van der Waals surface area contributed by atoms with E-state index >= 15 is 0 Å². The molecule has 0 aliphatic carbocycles. The number of piperidine rings is 1. The van der Waals surface area contributed by atoms with E-state index in [1.54, 1.807) is 0 Å². The fraction of sp³-hybridized carbons (Fsp3) is 0.400. The summed E-state index contributed by atoms with van der Waals surface area (Å²) in [5.41, 5.74) is 0.873. The van der Waals surface area contributed by atoms with Crippen LogP contribution in [-0.4, -0.2) is 35.4 Å². The molecule has 2 unspecified atom stereocenters. The summed E-state index contributed by atoms with van der Waals surface area (Å²) < 4.78 is 18.7. The molecule has 1 amide bonds. The molecule has 108 valence electrons. The highest BCUT2D eigenvalue weighted by molar-refractivity contribution is 5.68. The van der Waals surface area contributed by atoms with Gasteiger partial charge >= 0.3 is 6.09 Å². The minimum absolute atomic E-state index is 0.00258. The van der Waals surface area contributed by atoms with Gasteiger partial charge in [0, 0.05) is 12.5 Å². The van der Waals surface area contributed by atoms with Gasteiger partial charge in [-0.3, -0.25) is 0 Å². The van der Waals surface area contributed by atoms with Gasteiger partial charge in [0.15, 0.2) is 0 Å². The molecule has 0 saturated carbocycles. The lowest BCUT2D eigenvalue weighted by molar-refractivity contribution is 0.0542. The number of benzene rings is 1. The van der Waals surface area contributed by atoms with Crippen molar-refractivity contribution in [2.45, 2.75) is 19.2 Å². The molecule has 2 rings (SSSR count). The van der Waals surface area contributed by atoms with Gasteiger partial charge in [-0.25, -0.2) is 9.18 Å². The maximum absolute atomic E-state index is 13.6. The second kappa shape index (κ2) is 6.41. The molecule has 1 fully saturated rings. The first kappa shape index (κ1) is 14.4. The molecule has 4 nitrogen and oxygen atoms in total. The molecule has 0 radical (unpaired) electrons. The van der Waals surface area contributed by atoms with E-state index in [2.05, 4.69) is 6.58 Å². The summed E-state index contributed by atoms with van der Waals surface area (Å²) in [6, 6.07) is 9.28. The minimum atomic E-state index is -1.16. The number of likely N-dealkylation sites (tertiary alicyclic amines) is 1. The number of aliphatic hydroxyl groups excluding tert-OH is 1. The summed E-state index contributed by atoms with van der Waals surface area (Å²) in [6.45, 7) is 3.80. The van der Waals surface area contributed by atoms with Crippen LogP contribution in [0.4, 0.5) is 9.18 Å². The number of alkyl halides is 1. The van der Waals surface area contributed by atoms with Gasteiger partial charge in [0.2, 0.25) is 0 Å². The number of rotatable bonds is 3. The number of hydrogen-bond acceptors (Lipinski definition) is 3. The summed E-state index contributed by atoms with van der Waals surface area (Å²) in [4.78, 5) is 13.2. The van der Waals surface area contributed by atoms with Gasteiger partial charge in [0.05, 0.1) is 12.3 Å². The number of ether oxygens (including phenoxy) is 1. The largest absolute Gasteiger partial charge is 0.513 e. The van der Waals surface area contributed by atoms with Gasteiger partial charge in [0.1, 0.15) is 12.8 Å². The van der Waals surface area contributed by atoms with Gasteiger partial charge in [-0.05, 0) is 12.0 Å². The van der Waals surface area contributed by atoms with Gasteiger partial charge in [-0.2, -0.15) is 0 Å². The fourth-order valence-electron chi connectivity index (χ4n) is 2.24. The van der Waals surface area contributed by atoms with Crippen LogP contribution in [0.5, 0.6) is 0 Å².